The minimum absolute atomic E-state index is 0.242. The molecule has 88 valence electrons. The van der Waals surface area contributed by atoms with E-state index in [4.69, 9.17) is 9.84 Å². The van der Waals surface area contributed by atoms with E-state index in [1.807, 2.05) is 13.0 Å². The molecule has 3 heteroatoms. The van der Waals surface area contributed by atoms with Crippen LogP contribution in [0.4, 0.5) is 0 Å². The van der Waals surface area contributed by atoms with E-state index in [0.29, 0.717) is 11.3 Å². The molecule has 16 heavy (non-hydrogen) atoms. The van der Waals surface area contributed by atoms with Crippen LogP contribution >= 0.6 is 0 Å². The first-order chi connectivity index (χ1) is 7.60. The average Bonchev–Trinajstić information content (AvgIpc) is 2.28. The minimum Gasteiger partial charge on any atom is -0.497 e. The largest absolute Gasteiger partial charge is 0.497 e. The van der Waals surface area contributed by atoms with Crippen LogP contribution in [0.25, 0.3) is 0 Å². The molecule has 1 N–H and O–H groups in total. The van der Waals surface area contributed by atoms with Gasteiger partial charge in [0.15, 0.2) is 0 Å². The first kappa shape index (κ1) is 12.6. The third-order valence-electron chi connectivity index (χ3n) is 2.74. The molecular weight excluding hydrogens is 204 g/mol. The Bertz CT molecular complexity index is 371. The summed E-state index contributed by atoms with van der Waals surface area (Å²) < 4.78 is 5.12. The Morgan fingerprint density at radius 3 is 2.69 bits per heavy atom. The lowest BCUT2D eigenvalue weighted by atomic mass is 9.92. The molecule has 0 amide bonds. The van der Waals surface area contributed by atoms with Gasteiger partial charge in [-0.3, -0.25) is 0 Å². The summed E-state index contributed by atoms with van der Waals surface area (Å²) in [6.07, 6.45) is 2.02. The highest BCUT2D eigenvalue weighted by molar-refractivity contribution is 5.89. The van der Waals surface area contributed by atoms with Crippen LogP contribution in [0.2, 0.25) is 0 Å². The van der Waals surface area contributed by atoms with Gasteiger partial charge in [-0.05, 0) is 36.1 Å². The molecule has 0 heterocycles. The van der Waals surface area contributed by atoms with E-state index in [1.54, 1.807) is 19.2 Å². The molecule has 0 aliphatic heterocycles. The van der Waals surface area contributed by atoms with Gasteiger partial charge in [0, 0.05) is 0 Å². The summed E-state index contributed by atoms with van der Waals surface area (Å²) >= 11 is 0. The van der Waals surface area contributed by atoms with Crippen molar-refractivity contribution in [1.82, 2.24) is 0 Å². The molecule has 0 radical (unpaired) electrons. The molecule has 1 aromatic rings. The molecular formula is C13H18O3. The fraction of sp³-hybridized carbons (Fsp3) is 0.462. The maximum atomic E-state index is 11.1. The average molecular weight is 222 g/mol. The Morgan fingerprint density at radius 1 is 1.50 bits per heavy atom. The maximum Gasteiger partial charge on any atom is 0.335 e. The SMILES string of the molecule is CCCC(C)c1cc(OC)ccc1C(=O)O. The van der Waals surface area contributed by atoms with Crippen LogP contribution in [-0.2, 0) is 0 Å². The van der Waals surface area contributed by atoms with Crippen LogP contribution < -0.4 is 4.74 Å². The second-order valence-corrected chi connectivity index (χ2v) is 3.95. The third-order valence-corrected chi connectivity index (χ3v) is 2.74. The van der Waals surface area contributed by atoms with Gasteiger partial charge >= 0.3 is 5.97 Å². The van der Waals surface area contributed by atoms with Gasteiger partial charge in [-0.2, -0.15) is 0 Å². The fourth-order valence-corrected chi connectivity index (χ4v) is 1.86. The molecule has 1 aromatic carbocycles. The van der Waals surface area contributed by atoms with E-state index in [9.17, 15) is 4.79 Å². The topological polar surface area (TPSA) is 46.5 Å². The summed E-state index contributed by atoms with van der Waals surface area (Å²) in [6.45, 7) is 4.14. The van der Waals surface area contributed by atoms with E-state index in [1.165, 1.54) is 0 Å². The van der Waals surface area contributed by atoms with Crippen molar-refractivity contribution in [3.05, 3.63) is 29.3 Å². The summed E-state index contributed by atoms with van der Waals surface area (Å²) in [5.74, 6) is 0.0785. The predicted molar refractivity (Wildman–Crippen MR) is 63.3 cm³/mol. The van der Waals surface area contributed by atoms with Crippen LogP contribution in [0, 0.1) is 0 Å². The van der Waals surface area contributed by atoms with Crippen molar-refractivity contribution in [1.29, 1.82) is 0 Å². The van der Waals surface area contributed by atoms with Gasteiger partial charge in [0.1, 0.15) is 5.75 Å². The molecule has 0 saturated carbocycles. The van der Waals surface area contributed by atoms with E-state index >= 15 is 0 Å². The molecule has 0 fully saturated rings. The van der Waals surface area contributed by atoms with Crippen LogP contribution in [0.5, 0.6) is 5.75 Å². The summed E-state index contributed by atoms with van der Waals surface area (Å²) in [6, 6.07) is 5.12. The fourth-order valence-electron chi connectivity index (χ4n) is 1.86. The Hall–Kier alpha value is -1.51. The van der Waals surface area contributed by atoms with Gasteiger partial charge in [0.2, 0.25) is 0 Å². The number of carboxylic acid groups (broad SMARTS) is 1. The van der Waals surface area contributed by atoms with Gasteiger partial charge in [0.25, 0.3) is 0 Å². The molecule has 0 saturated heterocycles. The first-order valence-electron chi connectivity index (χ1n) is 5.51. The number of benzene rings is 1. The zero-order chi connectivity index (χ0) is 12.1. The van der Waals surface area contributed by atoms with E-state index < -0.39 is 5.97 Å². The molecule has 0 bridgehead atoms. The number of aromatic carboxylic acids is 1. The molecule has 0 aliphatic rings. The van der Waals surface area contributed by atoms with Crippen molar-refractivity contribution >= 4 is 5.97 Å². The Morgan fingerprint density at radius 2 is 2.19 bits per heavy atom. The maximum absolute atomic E-state index is 11.1. The number of carboxylic acids is 1. The zero-order valence-electron chi connectivity index (χ0n) is 9.99. The first-order valence-corrected chi connectivity index (χ1v) is 5.51. The molecule has 0 spiro atoms. The number of hydrogen-bond donors (Lipinski definition) is 1. The standard InChI is InChI=1S/C13H18O3/c1-4-5-9(2)12-8-10(16-3)6-7-11(12)13(14)15/h6-9H,4-5H2,1-3H3,(H,14,15). The Labute approximate surface area is 96.1 Å². The number of carbonyl (C=O) groups is 1. The van der Waals surface area contributed by atoms with Crippen LogP contribution in [0.15, 0.2) is 18.2 Å². The smallest absolute Gasteiger partial charge is 0.335 e. The highest BCUT2D eigenvalue weighted by Gasteiger charge is 2.15. The molecule has 1 rings (SSSR count). The molecule has 1 atom stereocenters. The molecule has 1 unspecified atom stereocenters. The van der Waals surface area contributed by atoms with Crippen molar-refractivity contribution in [3.63, 3.8) is 0 Å². The Balaban J connectivity index is 3.14. The van der Waals surface area contributed by atoms with Crippen LogP contribution in [0.1, 0.15) is 48.5 Å². The number of methoxy groups -OCH3 is 1. The summed E-state index contributed by atoms with van der Waals surface area (Å²) in [5, 5.41) is 9.11. The molecule has 0 aromatic heterocycles. The lowest BCUT2D eigenvalue weighted by Gasteiger charge is -2.14. The monoisotopic (exact) mass is 222 g/mol. The molecule has 0 aliphatic carbocycles. The summed E-state index contributed by atoms with van der Waals surface area (Å²) in [4.78, 5) is 11.1. The van der Waals surface area contributed by atoms with Gasteiger partial charge in [-0.25, -0.2) is 4.79 Å². The van der Waals surface area contributed by atoms with Gasteiger partial charge in [-0.1, -0.05) is 20.3 Å². The highest BCUT2D eigenvalue weighted by Crippen LogP contribution is 2.28. The van der Waals surface area contributed by atoms with Crippen molar-refractivity contribution < 1.29 is 14.6 Å². The van der Waals surface area contributed by atoms with Crippen molar-refractivity contribution in [2.24, 2.45) is 0 Å². The predicted octanol–water partition coefficient (Wildman–Crippen LogP) is 3.30. The van der Waals surface area contributed by atoms with Crippen molar-refractivity contribution in [2.45, 2.75) is 32.6 Å². The highest BCUT2D eigenvalue weighted by atomic mass is 16.5. The van der Waals surface area contributed by atoms with Gasteiger partial charge in [-0.15, -0.1) is 0 Å². The third kappa shape index (κ3) is 2.75. The lowest BCUT2D eigenvalue weighted by molar-refractivity contribution is 0.0695. The van der Waals surface area contributed by atoms with Gasteiger partial charge < -0.3 is 9.84 Å². The number of rotatable bonds is 5. The van der Waals surface area contributed by atoms with Crippen LogP contribution in [0.3, 0.4) is 0 Å². The van der Waals surface area contributed by atoms with Gasteiger partial charge in [0.05, 0.1) is 12.7 Å². The normalized spacial score (nSPS) is 12.2. The summed E-state index contributed by atoms with van der Waals surface area (Å²) in [7, 11) is 1.59. The van der Waals surface area contributed by atoms with Crippen LogP contribution in [-0.4, -0.2) is 18.2 Å². The lowest BCUT2D eigenvalue weighted by Crippen LogP contribution is -2.06. The number of hydrogen-bond acceptors (Lipinski definition) is 2. The van der Waals surface area contributed by atoms with Crippen molar-refractivity contribution in [2.75, 3.05) is 7.11 Å². The Kier molecular flexibility index (Phi) is 4.35. The quantitative estimate of drug-likeness (QED) is 0.831. The summed E-state index contributed by atoms with van der Waals surface area (Å²) in [5.41, 5.74) is 1.23. The van der Waals surface area contributed by atoms with Crippen molar-refractivity contribution in [3.8, 4) is 5.75 Å². The number of ether oxygens (including phenoxy) is 1. The second kappa shape index (κ2) is 5.54. The van der Waals surface area contributed by atoms with E-state index in [0.717, 1.165) is 18.4 Å². The second-order valence-electron chi connectivity index (χ2n) is 3.95. The van der Waals surface area contributed by atoms with E-state index in [2.05, 4.69) is 6.92 Å². The van der Waals surface area contributed by atoms with E-state index in [-0.39, 0.29) is 5.92 Å². The minimum atomic E-state index is -0.874. The zero-order valence-corrected chi connectivity index (χ0v) is 9.99. The molecule has 3 nitrogen and oxygen atoms in total.